The van der Waals surface area contributed by atoms with Crippen LogP contribution in [-0.4, -0.2) is 32.9 Å². The number of ether oxygens (including phenoxy) is 1. The van der Waals surface area contributed by atoms with Crippen LogP contribution >= 0.6 is 11.6 Å². The van der Waals surface area contributed by atoms with E-state index in [1.54, 1.807) is 19.2 Å². The Balaban J connectivity index is 1.65. The van der Waals surface area contributed by atoms with Gasteiger partial charge in [0.25, 0.3) is 11.6 Å². The van der Waals surface area contributed by atoms with Gasteiger partial charge in [0, 0.05) is 17.8 Å². The van der Waals surface area contributed by atoms with Gasteiger partial charge in [0.05, 0.1) is 28.3 Å². The lowest BCUT2D eigenvalue weighted by molar-refractivity contribution is -0.384. The number of aromatic nitrogens is 3. The zero-order valence-corrected chi connectivity index (χ0v) is 17.3. The number of methoxy groups -OCH3 is 1. The molecule has 0 radical (unpaired) electrons. The molecule has 0 saturated carbocycles. The summed E-state index contributed by atoms with van der Waals surface area (Å²) in [7, 11) is 1.59. The third-order valence-electron chi connectivity index (χ3n) is 4.68. The van der Waals surface area contributed by atoms with Crippen LogP contribution in [-0.2, 0) is 0 Å². The summed E-state index contributed by atoms with van der Waals surface area (Å²) in [4.78, 5) is 24.6. The van der Waals surface area contributed by atoms with Crippen molar-refractivity contribution in [1.29, 1.82) is 0 Å². The van der Waals surface area contributed by atoms with Crippen LogP contribution in [0, 0.1) is 17.0 Å². The van der Waals surface area contributed by atoms with E-state index in [2.05, 4.69) is 15.5 Å². The molecule has 0 fully saturated rings. The molecule has 0 spiro atoms. The summed E-state index contributed by atoms with van der Waals surface area (Å²) in [5, 5.41) is 22.8. The maximum atomic E-state index is 12.7. The number of anilines is 1. The summed E-state index contributed by atoms with van der Waals surface area (Å²) in [6.45, 7) is 1.82. The number of hydrogen-bond donors (Lipinski definition) is 1. The van der Waals surface area contributed by atoms with Crippen LogP contribution < -0.4 is 10.1 Å². The molecular weight excluding hydrogens is 422 g/mol. The van der Waals surface area contributed by atoms with Crippen LogP contribution in [0.15, 0.2) is 54.6 Å². The number of halogens is 1. The van der Waals surface area contributed by atoms with Crippen molar-refractivity contribution >= 4 is 39.9 Å². The molecular formula is C21H16ClN5O4. The van der Waals surface area contributed by atoms with E-state index in [9.17, 15) is 14.9 Å². The summed E-state index contributed by atoms with van der Waals surface area (Å²) in [5.41, 5.74) is 3.03. The molecule has 0 bridgehead atoms. The molecule has 156 valence electrons. The molecule has 10 heteroatoms. The van der Waals surface area contributed by atoms with Gasteiger partial charge in [0.15, 0.2) is 0 Å². The molecule has 3 aromatic carbocycles. The van der Waals surface area contributed by atoms with Crippen LogP contribution in [0.25, 0.3) is 16.7 Å². The highest BCUT2D eigenvalue weighted by Gasteiger charge is 2.17. The minimum atomic E-state index is -0.581. The zero-order chi connectivity index (χ0) is 22.1. The van der Waals surface area contributed by atoms with Crippen LogP contribution in [0.4, 0.5) is 11.4 Å². The molecule has 0 atom stereocenters. The van der Waals surface area contributed by atoms with Crippen molar-refractivity contribution in [2.24, 2.45) is 0 Å². The molecule has 9 nitrogen and oxygen atoms in total. The molecule has 0 aliphatic heterocycles. The number of carbonyl (C=O) groups is 1. The Morgan fingerprint density at radius 3 is 2.42 bits per heavy atom. The van der Waals surface area contributed by atoms with Crippen LogP contribution in [0.2, 0.25) is 5.02 Å². The second-order valence-electron chi connectivity index (χ2n) is 6.72. The first-order valence-corrected chi connectivity index (χ1v) is 9.51. The van der Waals surface area contributed by atoms with E-state index in [1.165, 1.54) is 16.9 Å². The van der Waals surface area contributed by atoms with E-state index in [0.717, 1.165) is 23.1 Å². The molecule has 1 heterocycles. The maximum absolute atomic E-state index is 12.7. The average Bonchev–Trinajstić information content (AvgIpc) is 3.16. The van der Waals surface area contributed by atoms with Crippen molar-refractivity contribution in [2.75, 3.05) is 12.4 Å². The first-order chi connectivity index (χ1) is 14.9. The Morgan fingerprint density at radius 1 is 1.10 bits per heavy atom. The SMILES string of the molecule is COc1ccc(-n2nc3cc(C)c(NC(=O)c4cc([N+](=O)[O-])ccc4Cl)cc3n2)cc1. The lowest BCUT2D eigenvalue weighted by Crippen LogP contribution is -2.13. The standard InChI is InChI=1S/C21H16ClN5O4/c1-12-9-19-20(25-26(24-19)13-3-6-15(31-2)7-4-13)11-18(12)23-21(28)16-10-14(27(29)30)5-8-17(16)22/h3-11H,1-2H3,(H,23,28). The van der Waals surface area contributed by atoms with Crippen molar-refractivity contribution in [3.8, 4) is 11.4 Å². The molecule has 31 heavy (non-hydrogen) atoms. The van der Waals surface area contributed by atoms with Crippen molar-refractivity contribution in [3.05, 3.63) is 80.9 Å². The number of rotatable bonds is 5. The minimum absolute atomic E-state index is 0.0113. The van der Waals surface area contributed by atoms with Gasteiger partial charge in [0.1, 0.15) is 16.8 Å². The van der Waals surface area contributed by atoms with E-state index in [0.29, 0.717) is 16.7 Å². The third kappa shape index (κ3) is 4.03. The number of nitrogens with one attached hydrogen (secondary N) is 1. The first kappa shape index (κ1) is 20.3. The number of nitro benzene ring substituents is 1. The first-order valence-electron chi connectivity index (χ1n) is 9.13. The molecule has 0 aliphatic rings. The van der Waals surface area contributed by atoms with E-state index in [-0.39, 0.29) is 16.3 Å². The highest BCUT2D eigenvalue weighted by Crippen LogP contribution is 2.26. The predicted molar refractivity (Wildman–Crippen MR) is 116 cm³/mol. The number of hydrogen-bond acceptors (Lipinski definition) is 6. The molecule has 0 saturated heterocycles. The van der Waals surface area contributed by atoms with Gasteiger partial charge in [-0.15, -0.1) is 10.2 Å². The van der Waals surface area contributed by atoms with Crippen molar-refractivity contribution in [3.63, 3.8) is 0 Å². The van der Waals surface area contributed by atoms with Crippen molar-refractivity contribution < 1.29 is 14.5 Å². The summed E-state index contributed by atoms with van der Waals surface area (Å²) >= 11 is 6.07. The summed E-state index contributed by atoms with van der Waals surface area (Å²) < 4.78 is 5.16. The van der Waals surface area contributed by atoms with Gasteiger partial charge in [-0.2, -0.15) is 4.80 Å². The van der Waals surface area contributed by atoms with Crippen LogP contribution in [0.3, 0.4) is 0 Å². The zero-order valence-electron chi connectivity index (χ0n) is 16.5. The van der Waals surface area contributed by atoms with Gasteiger partial charge in [-0.1, -0.05) is 11.6 Å². The number of fused-ring (bicyclic) bond motifs is 1. The fraction of sp³-hybridized carbons (Fsp3) is 0.0952. The van der Waals surface area contributed by atoms with Gasteiger partial charge in [-0.3, -0.25) is 14.9 Å². The Morgan fingerprint density at radius 2 is 1.77 bits per heavy atom. The maximum Gasteiger partial charge on any atom is 0.270 e. The number of benzene rings is 3. The monoisotopic (exact) mass is 437 g/mol. The number of aryl methyl sites for hydroxylation is 1. The highest BCUT2D eigenvalue weighted by atomic mass is 35.5. The molecule has 1 aromatic heterocycles. The number of carbonyl (C=O) groups excluding carboxylic acids is 1. The summed E-state index contributed by atoms with van der Waals surface area (Å²) in [6.07, 6.45) is 0. The third-order valence-corrected chi connectivity index (χ3v) is 5.01. The number of nitrogens with zero attached hydrogens (tertiary/aromatic N) is 4. The second kappa shape index (κ2) is 8.04. The van der Waals surface area contributed by atoms with Crippen molar-refractivity contribution in [1.82, 2.24) is 15.0 Å². The van der Waals surface area contributed by atoms with E-state index >= 15 is 0 Å². The molecule has 1 amide bonds. The summed E-state index contributed by atoms with van der Waals surface area (Å²) in [5.74, 6) is 0.166. The second-order valence-corrected chi connectivity index (χ2v) is 7.13. The van der Waals surface area contributed by atoms with Crippen LogP contribution in [0.5, 0.6) is 5.75 Å². The van der Waals surface area contributed by atoms with E-state index in [1.807, 2.05) is 31.2 Å². The molecule has 4 aromatic rings. The molecule has 1 N–H and O–H groups in total. The Labute approximate surface area is 181 Å². The summed E-state index contributed by atoms with van der Waals surface area (Å²) in [6, 6.07) is 14.5. The van der Waals surface area contributed by atoms with Crippen LogP contribution in [0.1, 0.15) is 15.9 Å². The largest absolute Gasteiger partial charge is 0.497 e. The molecule has 0 aliphatic carbocycles. The fourth-order valence-electron chi connectivity index (χ4n) is 3.02. The predicted octanol–water partition coefficient (Wildman–Crippen LogP) is 4.55. The Hall–Kier alpha value is -3.98. The van der Waals surface area contributed by atoms with E-state index in [4.69, 9.17) is 16.3 Å². The topological polar surface area (TPSA) is 112 Å². The number of amides is 1. The Kier molecular flexibility index (Phi) is 5.26. The van der Waals surface area contributed by atoms with Gasteiger partial charge in [-0.25, -0.2) is 0 Å². The molecule has 0 unspecified atom stereocenters. The highest BCUT2D eigenvalue weighted by molar-refractivity contribution is 6.34. The fourth-order valence-corrected chi connectivity index (χ4v) is 3.23. The number of nitro groups is 1. The molecule has 4 rings (SSSR count). The number of non-ortho nitro benzene ring substituents is 1. The van der Waals surface area contributed by atoms with Gasteiger partial charge < -0.3 is 10.1 Å². The lowest BCUT2D eigenvalue weighted by Gasteiger charge is -2.09. The normalized spacial score (nSPS) is 10.8. The smallest absolute Gasteiger partial charge is 0.270 e. The van der Waals surface area contributed by atoms with Gasteiger partial charge in [0.2, 0.25) is 0 Å². The Bertz CT molecular complexity index is 1320. The lowest BCUT2D eigenvalue weighted by atomic mass is 10.1. The van der Waals surface area contributed by atoms with E-state index < -0.39 is 10.8 Å². The van der Waals surface area contributed by atoms with Gasteiger partial charge >= 0.3 is 0 Å². The average molecular weight is 438 g/mol. The quantitative estimate of drug-likeness (QED) is 0.362. The minimum Gasteiger partial charge on any atom is -0.497 e. The van der Waals surface area contributed by atoms with Gasteiger partial charge in [-0.05, 0) is 55.0 Å². The van der Waals surface area contributed by atoms with Crippen molar-refractivity contribution in [2.45, 2.75) is 6.92 Å².